The number of carboxylic acid groups (broad SMARTS) is 1. The lowest BCUT2D eigenvalue weighted by atomic mass is 9.96. The van der Waals surface area contributed by atoms with Crippen molar-refractivity contribution in [2.75, 3.05) is 26.3 Å². The van der Waals surface area contributed by atoms with Crippen LogP contribution in [0.5, 0.6) is 0 Å². The Hall–Kier alpha value is -0.610. The van der Waals surface area contributed by atoms with Gasteiger partial charge in [-0.3, -0.25) is 9.69 Å². The molecule has 0 amide bonds. The van der Waals surface area contributed by atoms with Gasteiger partial charge in [-0.05, 0) is 19.8 Å². The molecule has 1 N–H and O–H groups in total. The maximum atomic E-state index is 11.2. The number of carbonyl (C=O) groups is 1. The number of hydrogen-bond donors (Lipinski definition) is 1. The minimum Gasteiger partial charge on any atom is -0.480 e. The summed E-state index contributed by atoms with van der Waals surface area (Å²) in [6.07, 6.45) is 1.55. The molecule has 0 radical (unpaired) electrons. The van der Waals surface area contributed by atoms with Crippen LogP contribution >= 0.6 is 0 Å². The molecular formula is C10H19NO3. The lowest BCUT2D eigenvalue weighted by Crippen LogP contribution is -2.52. The van der Waals surface area contributed by atoms with Crippen LogP contribution in [-0.2, 0) is 9.53 Å². The largest absolute Gasteiger partial charge is 0.480 e. The molecule has 0 aliphatic carbocycles. The second-order valence-corrected chi connectivity index (χ2v) is 3.89. The molecule has 1 aliphatic rings. The summed E-state index contributed by atoms with van der Waals surface area (Å²) in [7, 11) is 0. The predicted octanol–water partition coefficient (Wildman–Crippen LogP) is 0.962. The first-order valence-corrected chi connectivity index (χ1v) is 5.17. The van der Waals surface area contributed by atoms with Gasteiger partial charge in [-0.2, -0.15) is 0 Å². The number of rotatable bonds is 3. The van der Waals surface area contributed by atoms with Crippen LogP contribution in [0.4, 0.5) is 0 Å². The van der Waals surface area contributed by atoms with Crippen LogP contribution in [0.3, 0.4) is 0 Å². The van der Waals surface area contributed by atoms with E-state index in [2.05, 4.69) is 0 Å². The average Bonchev–Trinajstić information content (AvgIpc) is 2.44. The zero-order chi connectivity index (χ0) is 10.6. The number of hydrogen-bond acceptors (Lipinski definition) is 3. The van der Waals surface area contributed by atoms with E-state index in [1.165, 1.54) is 0 Å². The quantitative estimate of drug-likeness (QED) is 0.739. The van der Waals surface area contributed by atoms with Crippen LogP contribution in [0.2, 0.25) is 0 Å². The number of aliphatic carboxylic acids is 1. The van der Waals surface area contributed by atoms with Gasteiger partial charge in [0, 0.05) is 19.7 Å². The molecule has 1 unspecified atom stereocenters. The van der Waals surface area contributed by atoms with Crippen molar-refractivity contribution in [3.8, 4) is 0 Å². The first kappa shape index (κ1) is 11.5. The molecule has 0 bridgehead atoms. The van der Waals surface area contributed by atoms with Gasteiger partial charge in [0.25, 0.3) is 0 Å². The van der Waals surface area contributed by atoms with Gasteiger partial charge in [-0.25, -0.2) is 0 Å². The molecule has 82 valence electrons. The first-order valence-electron chi connectivity index (χ1n) is 5.17. The van der Waals surface area contributed by atoms with Gasteiger partial charge in [0.1, 0.15) is 5.54 Å². The molecule has 14 heavy (non-hydrogen) atoms. The summed E-state index contributed by atoms with van der Waals surface area (Å²) in [6, 6.07) is 0. The van der Waals surface area contributed by atoms with Gasteiger partial charge < -0.3 is 9.84 Å². The molecule has 1 aliphatic heterocycles. The van der Waals surface area contributed by atoms with Gasteiger partial charge in [-0.1, -0.05) is 6.92 Å². The molecule has 0 aromatic heterocycles. The van der Waals surface area contributed by atoms with Crippen molar-refractivity contribution in [3.63, 3.8) is 0 Å². The van der Waals surface area contributed by atoms with E-state index in [1.54, 1.807) is 6.92 Å². The van der Waals surface area contributed by atoms with Gasteiger partial charge in [0.2, 0.25) is 0 Å². The van der Waals surface area contributed by atoms with E-state index < -0.39 is 11.5 Å². The SMILES string of the molecule is CCC(C)(C(=O)O)N1CCCOCC1. The third-order valence-corrected chi connectivity index (χ3v) is 3.07. The summed E-state index contributed by atoms with van der Waals surface area (Å²) >= 11 is 0. The van der Waals surface area contributed by atoms with E-state index in [0.29, 0.717) is 13.0 Å². The number of carboxylic acids is 1. The maximum Gasteiger partial charge on any atom is 0.323 e. The highest BCUT2D eigenvalue weighted by molar-refractivity contribution is 5.78. The zero-order valence-electron chi connectivity index (χ0n) is 8.95. The monoisotopic (exact) mass is 201 g/mol. The highest BCUT2D eigenvalue weighted by Gasteiger charge is 2.37. The normalized spacial score (nSPS) is 23.9. The Bertz CT molecular complexity index is 200. The summed E-state index contributed by atoms with van der Waals surface area (Å²) in [5, 5.41) is 9.19. The number of nitrogens with zero attached hydrogens (tertiary/aromatic N) is 1. The van der Waals surface area contributed by atoms with Crippen molar-refractivity contribution in [1.82, 2.24) is 4.90 Å². The minimum atomic E-state index is -0.734. The van der Waals surface area contributed by atoms with Crippen LogP contribution in [0, 0.1) is 0 Å². The Labute approximate surface area is 84.8 Å². The average molecular weight is 201 g/mol. The van der Waals surface area contributed by atoms with Gasteiger partial charge >= 0.3 is 5.97 Å². The van der Waals surface area contributed by atoms with Crippen LogP contribution in [0.1, 0.15) is 26.7 Å². The van der Waals surface area contributed by atoms with Crippen LogP contribution in [0.25, 0.3) is 0 Å². The smallest absolute Gasteiger partial charge is 0.323 e. The number of ether oxygens (including phenoxy) is 1. The summed E-state index contributed by atoms with van der Waals surface area (Å²) in [6.45, 7) is 6.63. The highest BCUT2D eigenvalue weighted by atomic mass is 16.5. The summed E-state index contributed by atoms with van der Waals surface area (Å²) in [4.78, 5) is 13.2. The molecule has 1 heterocycles. The molecule has 0 aromatic carbocycles. The molecule has 1 rings (SSSR count). The van der Waals surface area contributed by atoms with Crippen molar-refractivity contribution in [2.24, 2.45) is 0 Å². The molecule has 4 heteroatoms. The van der Waals surface area contributed by atoms with Crippen LogP contribution < -0.4 is 0 Å². The van der Waals surface area contributed by atoms with Crippen molar-refractivity contribution in [1.29, 1.82) is 0 Å². The molecule has 1 fully saturated rings. The van der Waals surface area contributed by atoms with E-state index in [1.807, 2.05) is 11.8 Å². The van der Waals surface area contributed by atoms with Crippen molar-refractivity contribution >= 4 is 5.97 Å². The van der Waals surface area contributed by atoms with Gasteiger partial charge in [-0.15, -0.1) is 0 Å². The maximum absolute atomic E-state index is 11.2. The molecule has 0 aromatic rings. The topological polar surface area (TPSA) is 49.8 Å². The third-order valence-electron chi connectivity index (χ3n) is 3.07. The van der Waals surface area contributed by atoms with Crippen molar-refractivity contribution < 1.29 is 14.6 Å². The third kappa shape index (κ3) is 2.25. The second-order valence-electron chi connectivity index (χ2n) is 3.89. The molecule has 1 saturated heterocycles. The van der Waals surface area contributed by atoms with E-state index in [-0.39, 0.29) is 0 Å². The Morgan fingerprint density at radius 2 is 2.21 bits per heavy atom. The predicted molar refractivity (Wildman–Crippen MR) is 53.3 cm³/mol. The molecular weight excluding hydrogens is 182 g/mol. The Morgan fingerprint density at radius 3 is 2.79 bits per heavy atom. The minimum absolute atomic E-state index is 0.627. The van der Waals surface area contributed by atoms with E-state index >= 15 is 0 Å². The standard InChI is InChI=1S/C10H19NO3/c1-3-10(2,9(12)13)11-5-4-7-14-8-6-11/h3-8H2,1-2H3,(H,12,13). The molecule has 4 nitrogen and oxygen atoms in total. The fourth-order valence-corrected chi connectivity index (χ4v) is 1.75. The van der Waals surface area contributed by atoms with E-state index in [4.69, 9.17) is 4.74 Å². The summed E-state index contributed by atoms with van der Waals surface area (Å²) in [5.41, 5.74) is -0.728. The lowest BCUT2D eigenvalue weighted by Gasteiger charge is -2.36. The molecule has 1 atom stereocenters. The zero-order valence-corrected chi connectivity index (χ0v) is 8.95. The van der Waals surface area contributed by atoms with E-state index in [0.717, 1.165) is 26.1 Å². The lowest BCUT2D eigenvalue weighted by molar-refractivity contribution is -0.150. The van der Waals surface area contributed by atoms with Crippen LogP contribution in [0.15, 0.2) is 0 Å². The summed E-state index contributed by atoms with van der Waals surface area (Å²) < 4.78 is 5.31. The Morgan fingerprint density at radius 1 is 1.50 bits per heavy atom. The fraction of sp³-hybridized carbons (Fsp3) is 0.900. The van der Waals surface area contributed by atoms with Gasteiger partial charge in [0.15, 0.2) is 0 Å². The fourth-order valence-electron chi connectivity index (χ4n) is 1.75. The van der Waals surface area contributed by atoms with Crippen LogP contribution in [-0.4, -0.2) is 47.8 Å². The first-order chi connectivity index (χ1) is 6.61. The van der Waals surface area contributed by atoms with E-state index in [9.17, 15) is 9.90 Å². The second kappa shape index (κ2) is 4.75. The highest BCUT2D eigenvalue weighted by Crippen LogP contribution is 2.21. The summed E-state index contributed by atoms with van der Waals surface area (Å²) in [5.74, 6) is -0.734. The molecule has 0 spiro atoms. The Kier molecular flexibility index (Phi) is 3.89. The Balaban J connectivity index is 2.71. The molecule has 0 saturated carbocycles. The van der Waals surface area contributed by atoms with Crippen molar-refractivity contribution in [2.45, 2.75) is 32.2 Å². The van der Waals surface area contributed by atoms with Gasteiger partial charge in [0.05, 0.1) is 6.61 Å². The van der Waals surface area contributed by atoms with Crippen molar-refractivity contribution in [3.05, 3.63) is 0 Å².